The molecule has 1 fully saturated rings. The zero-order valence-corrected chi connectivity index (χ0v) is 12.2. The zero-order chi connectivity index (χ0) is 14.3. The lowest BCUT2D eigenvalue weighted by Crippen LogP contribution is -2.27. The smallest absolute Gasteiger partial charge is 0.140 e. The van der Waals surface area contributed by atoms with Crippen molar-refractivity contribution >= 4 is 5.69 Å². The van der Waals surface area contributed by atoms with Crippen molar-refractivity contribution in [3.05, 3.63) is 54.4 Å². The summed E-state index contributed by atoms with van der Waals surface area (Å²) in [5.74, 6) is 0.827. The maximum atomic E-state index is 5.85. The van der Waals surface area contributed by atoms with Gasteiger partial charge in [0.1, 0.15) is 12.4 Å². The predicted molar refractivity (Wildman–Crippen MR) is 84.7 cm³/mol. The molecule has 0 radical (unpaired) electrons. The largest absolute Gasteiger partial charge is 0.487 e. The molecule has 0 saturated carbocycles. The Balaban J connectivity index is 1.65. The van der Waals surface area contributed by atoms with E-state index in [1.165, 1.54) is 5.56 Å². The molecule has 21 heavy (non-hydrogen) atoms. The molecule has 0 spiro atoms. The summed E-state index contributed by atoms with van der Waals surface area (Å²) in [6, 6.07) is 12.3. The molecular formula is C17H21N3O. The van der Waals surface area contributed by atoms with Crippen LogP contribution in [-0.2, 0) is 6.61 Å². The van der Waals surface area contributed by atoms with Gasteiger partial charge < -0.3 is 15.0 Å². The van der Waals surface area contributed by atoms with Gasteiger partial charge in [-0.1, -0.05) is 30.3 Å². The Labute approximate surface area is 125 Å². The highest BCUT2D eigenvalue weighted by atomic mass is 16.5. The van der Waals surface area contributed by atoms with Crippen LogP contribution < -0.4 is 15.0 Å². The molecule has 1 aliphatic rings. The maximum absolute atomic E-state index is 5.85. The molecule has 1 N–H and O–H groups in total. The first-order valence-electron chi connectivity index (χ1n) is 7.49. The summed E-state index contributed by atoms with van der Waals surface area (Å²) in [6.45, 7) is 4.78. The van der Waals surface area contributed by atoms with Gasteiger partial charge in [0.15, 0.2) is 0 Å². The maximum Gasteiger partial charge on any atom is 0.140 e. The molecule has 0 atom stereocenters. The predicted octanol–water partition coefficient (Wildman–Crippen LogP) is 2.46. The summed E-state index contributed by atoms with van der Waals surface area (Å²) in [6.07, 6.45) is 4.86. The van der Waals surface area contributed by atoms with E-state index < -0.39 is 0 Å². The van der Waals surface area contributed by atoms with E-state index >= 15 is 0 Å². The van der Waals surface area contributed by atoms with Gasteiger partial charge in [0.2, 0.25) is 0 Å². The molecule has 3 rings (SSSR count). The van der Waals surface area contributed by atoms with E-state index in [0.717, 1.165) is 44.0 Å². The standard InChI is InChI=1S/C17H21N3O/c1-2-5-15(6-3-1)14-21-17-11-16(12-19-13-17)20-9-4-7-18-8-10-20/h1-3,5-6,11-13,18H,4,7-10,14H2. The average molecular weight is 283 g/mol. The highest BCUT2D eigenvalue weighted by Gasteiger charge is 2.10. The molecule has 1 aromatic carbocycles. The van der Waals surface area contributed by atoms with E-state index in [1.54, 1.807) is 6.20 Å². The third kappa shape index (κ3) is 3.95. The van der Waals surface area contributed by atoms with Crippen LogP contribution in [0.4, 0.5) is 5.69 Å². The summed E-state index contributed by atoms with van der Waals surface area (Å²) in [5, 5.41) is 3.41. The van der Waals surface area contributed by atoms with Crippen molar-refractivity contribution in [3.8, 4) is 5.75 Å². The number of nitrogens with zero attached hydrogens (tertiary/aromatic N) is 2. The topological polar surface area (TPSA) is 37.4 Å². The highest BCUT2D eigenvalue weighted by molar-refractivity contribution is 5.48. The van der Waals surface area contributed by atoms with Crippen LogP contribution in [0.25, 0.3) is 0 Å². The van der Waals surface area contributed by atoms with Crippen molar-refractivity contribution in [2.75, 3.05) is 31.1 Å². The van der Waals surface area contributed by atoms with Gasteiger partial charge in [-0.3, -0.25) is 4.98 Å². The minimum Gasteiger partial charge on any atom is -0.487 e. The molecule has 0 bridgehead atoms. The first-order valence-corrected chi connectivity index (χ1v) is 7.49. The number of aromatic nitrogens is 1. The number of hydrogen-bond acceptors (Lipinski definition) is 4. The van der Waals surface area contributed by atoms with Gasteiger partial charge in [-0.2, -0.15) is 0 Å². The lowest BCUT2D eigenvalue weighted by Gasteiger charge is -2.22. The molecule has 2 aromatic rings. The first kappa shape index (κ1) is 13.9. The number of hydrogen-bond donors (Lipinski definition) is 1. The van der Waals surface area contributed by atoms with E-state index in [2.05, 4.69) is 33.4 Å². The second-order valence-corrected chi connectivity index (χ2v) is 5.24. The van der Waals surface area contributed by atoms with Crippen molar-refractivity contribution in [3.63, 3.8) is 0 Å². The number of pyridine rings is 1. The number of rotatable bonds is 4. The van der Waals surface area contributed by atoms with Crippen LogP contribution in [0.2, 0.25) is 0 Å². The fourth-order valence-corrected chi connectivity index (χ4v) is 2.50. The second kappa shape index (κ2) is 7.09. The highest BCUT2D eigenvalue weighted by Crippen LogP contribution is 2.21. The third-order valence-corrected chi connectivity index (χ3v) is 3.65. The van der Waals surface area contributed by atoms with Crippen molar-refractivity contribution < 1.29 is 4.74 Å². The molecule has 0 aliphatic carbocycles. The van der Waals surface area contributed by atoms with Crippen LogP contribution >= 0.6 is 0 Å². The van der Waals surface area contributed by atoms with Crippen LogP contribution in [0.5, 0.6) is 5.75 Å². The Hall–Kier alpha value is -2.07. The van der Waals surface area contributed by atoms with E-state index in [-0.39, 0.29) is 0 Å². The minimum atomic E-state index is 0.577. The summed E-state index contributed by atoms with van der Waals surface area (Å²) in [4.78, 5) is 6.68. The molecule has 1 aromatic heterocycles. The van der Waals surface area contributed by atoms with Crippen LogP contribution in [0.1, 0.15) is 12.0 Å². The molecule has 1 aliphatic heterocycles. The summed E-state index contributed by atoms with van der Waals surface area (Å²) in [7, 11) is 0. The summed E-state index contributed by atoms with van der Waals surface area (Å²) < 4.78 is 5.85. The molecule has 2 heterocycles. The number of anilines is 1. The van der Waals surface area contributed by atoms with Gasteiger partial charge >= 0.3 is 0 Å². The van der Waals surface area contributed by atoms with Crippen LogP contribution in [-0.4, -0.2) is 31.2 Å². The number of benzene rings is 1. The molecule has 110 valence electrons. The van der Waals surface area contributed by atoms with Gasteiger partial charge in [-0.05, 0) is 18.5 Å². The van der Waals surface area contributed by atoms with Gasteiger partial charge in [-0.25, -0.2) is 0 Å². The van der Waals surface area contributed by atoms with Gasteiger partial charge in [0.05, 0.1) is 18.1 Å². The molecule has 4 nitrogen and oxygen atoms in total. The molecule has 0 amide bonds. The fourth-order valence-electron chi connectivity index (χ4n) is 2.50. The molecular weight excluding hydrogens is 262 g/mol. The van der Waals surface area contributed by atoms with Crippen LogP contribution in [0.15, 0.2) is 48.8 Å². The van der Waals surface area contributed by atoms with Crippen LogP contribution in [0.3, 0.4) is 0 Å². The third-order valence-electron chi connectivity index (χ3n) is 3.65. The number of ether oxygens (including phenoxy) is 1. The van der Waals surface area contributed by atoms with E-state index in [9.17, 15) is 0 Å². The summed E-state index contributed by atoms with van der Waals surface area (Å²) in [5.41, 5.74) is 2.31. The second-order valence-electron chi connectivity index (χ2n) is 5.24. The Bertz CT molecular complexity index is 551. The lowest BCUT2D eigenvalue weighted by molar-refractivity contribution is 0.305. The molecule has 0 unspecified atom stereocenters. The monoisotopic (exact) mass is 283 g/mol. The van der Waals surface area contributed by atoms with Crippen molar-refractivity contribution in [1.82, 2.24) is 10.3 Å². The Kier molecular flexibility index (Phi) is 4.69. The zero-order valence-electron chi connectivity index (χ0n) is 12.2. The van der Waals surface area contributed by atoms with Crippen molar-refractivity contribution in [2.45, 2.75) is 13.0 Å². The fraction of sp³-hybridized carbons (Fsp3) is 0.353. The lowest BCUT2D eigenvalue weighted by atomic mass is 10.2. The first-order chi connectivity index (χ1) is 10.4. The summed E-state index contributed by atoms with van der Waals surface area (Å²) >= 11 is 0. The van der Waals surface area contributed by atoms with Crippen molar-refractivity contribution in [2.24, 2.45) is 0 Å². The van der Waals surface area contributed by atoms with Gasteiger partial charge in [0, 0.05) is 25.7 Å². The van der Waals surface area contributed by atoms with Crippen LogP contribution in [0, 0.1) is 0 Å². The van der Waals surface area contributed by atoms with Gasteiger partial charge in [-0.15, -0.1) is 0 Å². The molecule has 4 heteroatoms. The Morgan fingerprint density at radius 1 is 1.10 bits per heavy atom. The molecule has 1 saturated heterocycles. The average Bonchev–Trinajstić information content (AvgIpc) is 2.83. The van der Waals surface area contributed by atoms with Gasteiger partial charge in [0.25, 0.3) is 0 Å². The Morgan fingerprint density at radius 3 is 2.90 bits per heavy atom. The van der Waals surface area contributed by atoms with E-state index in [1.807, 2.05) is 24.4 Å². The Morgan fingerprint density at radius 2 is 2.00 bits per heavy atom. The minimum absolute atomic E-state index is 0.577. The van der Waals surface area contributed by atoms with E-state index in [0.29, 0.717) is 6.61 Å². The van der Waals surface area contributed by atoms with E-state index in [4.69, 9.17) is 4.74 Å². The number of nitrogens with one attached hydrogen (secondary N) is 1. The normalized spacial score (nSPS) is 15.5. The van der Waals surface area contributed by atoms with Crippen molar-refractivity contribution in [1.29, 1.82) is 0 Å². The quantitative estimate of drug-likeness (QED) is 0.935. The SMILES string of the molecule is c1ccc(COc2cncc(N3CCCNCC3)c2)cc1.